The lowest BCUT2D eigenvalue weighted by Crippen LogP contribution is -2.50. The molecule has 0 amide bonds. The van der Waals surface area contributed by atoms with E-state index in [0.717, 1.165) is 31.2 Å². The minimum atomic E-state index is -0.383. The average Bonchev–Trinajstić information content (AvgIpc) is 3.06. The van der Waals surface area contributed by atoms with E-state index in [-0.39, 0.29) is 11.5 Å². The number of hydrogen-bond acceptors (Lipinski definition) is 5. The van der Waals surface area contributed by atoms with Crippen LogP contribution in [0.1, 0.15) is 49.4 Å². The second kappa shape index (κ2) is 9.09. The van der Waals surface area contributed by atoms with Crippen molar-refractivity contribution in [3.8, 4) is 0 Å². The highest BCUT2D eigenvalue weighted by molar-refractivity contribution is 5.96. The lowest BCUT2D eigenvalue weighted by molar-refractivity contribution is 0.0846. The molecule has 1 aromatic carbocycles. The quantitative estimate of drug-likeness (QED) is 0.553. The highest BCUT2D eigenvalue weighted by Crippen LogP contribution is 2.23. The Labute approximate surface area is 171 Å². The molecule has 0 radical (unpaired) electrons. The van der Waals surface area contributed by atoms with Crippen LogP contribution in [0, 0.1) is 0 Å². The normalized spacial score (nSPS) is 20.0. The Kier molecular flexibility index (Phi) is 6.31. The zero-order valence-electron chi connectivity index (χ0n) is 17.3. The van der Waals surface area contributed by atoms with Crippen LogP contribution in [0.4, 0.5) is 0 Å². The summed E-state index contributed by atoms with van der Waals surface area (Å²) in [6, 6.07) is 5.98. The summed E-state index contributed by atoms with van der Waals surface area (Å²) >= 11 is 0. The van der Waals surface area contributed by atoms with Crippen molar-refractivity contribution in [2.75, 3.05) is 32.7 Å². The van der Waals surface area contributed by atoms with E-state index in [0.29, 0.717) is 17.7 Å². The van der Waals surface area contributed by atoms with Crippen molar-refractivity contribution >= 4 is 16.9 Å². The van der Waals surface area contributed by atoms with Gasteiger partial charge in [0.05, 0.1) is 5.52 Å². The molecule has 1 aromatic heterocycles. The zero-order chi connectivity index (χ0) is 20.2. The van der Waals surface area contributed by atoms with E-state index in [2.05, 4.69) is 15.9 Å². The van der Waals surface area contributed by atoms with Gasteiger partial charge in [0.1, 0.15) is 0 Å². The molecule has 0 spiro atoms. The van der Waals surface area contributed by atoms with Gasteiger partial charge in [-0.1, -0.05) is 31.4 Å². The Morgan fingerprint density at radius 2 is 1.79 bits per heavy atom. The third kappa shape index (κ3) is 4.70. The van der Waals surface area contributed by atoms with Crippen LogP contribution in [-0.2, 0) is 6.54 Å². The number of piperazine rings is 1. The van der Waals surface area contributed by atoms with Crippen molar-refractivity contribution in [3.05, 3.63) is 46.5 Å². The molecule has 0 bridgehead atoms. The van der Waals surface area contributed by atoms with Gasteiger partial charge in [-0.25, -0.2) is 4.79 Å². The van der Waals surface area contributed by atoms with Crippen molar-refractivity contribution in [1.29, 1.82) is 0 Å². The second-order valence-corrected chi connectivity index (χ2v) is 8.32. The topological polar surface area (TPSA) is 58.7 Å². The third-order valence-corrected chi connectivity index (χ3v) is 6.39. The Balaban J connectivity index is 1.29. The van der Waals surface area contributed by atoms with Crippen molar-refractivity contribution in [1.82, 2.24) is 14.4 Å². The fraction of sp³-hybridized carbons (Fsp3) is 0.565. The van der Waals surface area contributed by atoms with E-state index >= 15 is 0 Å². The van der Waals surface area contributed by atoms with Gasteiger partial charge in [-0.05, 0) is 38.0 Å². The fourth-order valence-electron chi connectivity index (χ4n) is 4.62. The van der Waals surface area contributed by atoms with E-state index in [1.165, 1.54) is 52.1 Å². The Bertz CT molecular complexity index is 928. The van der Waals surface area contributed by atoms with Gasteiger partial charge >= 0.3 is 5.76 Å². The van der Waals surface area contributed by atoms with Gasteiger partial charge in [-0.15, -0.1) is 0 Å². The number of carbonyl (C=O) groups excluding carboxylic acids is 1. The van der Waals surface area contributed by atoms with Gasteiger partial charge in [-0.2, -0.15) is 0 Å². The van der Waals surface area contributed by atoms with Crippen LogP contribution in [0.2, 0.25) is 0 Å². The van der Waals surface area contributed by atoms with Crippen molar-refractivity contribution in [2.45, 2.75) is 51.6 Å². The molecule has 1 saturated heterocycles. The van der Waals surface area contributed by atoms with Gasteiger partial charge in [0, 0.05) is 50.9 Å². The highest BCUT2D eigenvalue weighted by atomic mass is 16.4. The van der Waals surface area contributed by atoms with Gasteiger partial charge in [-0.3, -0.25) is 19.2 Å². The molecule has 2 aromatic rings. The van der Waals surface area contributed by atoms with Gasteiger partial charge in [0.25, 0.3) is 0 Å². The van der Waals surface area contributed by atoms with Crippen LogP contribution in [0.15, 0.2) is 39.6 Å². The summed E-state index contributed by atoms with van der Waals surface area (Å²) in [4.78, 5) is 28.8. The monoisotopic (exact) mass is 397 g/mol. The molecule has 0 N–H and O–H groups in total. The molecule has 0 unspecified atom stereocenters. The molecule has 6 heteroatoms. The van der Waals surface area contributed by atoms with Gasteiger partial charge < -0.3 is 4.42 Å². The third-order valence-electron chi connectivity index (χ3n) is 6.39. The van der Waals surface area contributed by atoms with E-state index in [4.69, 9.17) is 4.42 Å². The number of rotatable bonds is 6. The number of allylic oxidation sites excluding steroid dienone is 1. The summed E-state index contributed by atoms with van der Waals surface area (Å²) < 4.78 is 6.92. The first kappa shape index (κ1) is 20.1. The number of aromatic nitrogens is 1. The first-order valence-electron chi connectivity index (χ1n) is 10.9. The number of carbonyl (C=O) groups is 1. The number of Topliss-reactive ketones (excluding diaryl/α,β-unsaturated/α-hetero) is 1. The molecule has 156 valence electrons. The predicted octanol–water partition coefficient (Wildman–Crippen LogP) is 3.30. The van der Waals surface area contributed by atoms with Crippen LogP contribution < -0.4 is 5.76 Å². The summed E-state index contributed by atoms with van der Waals surface area (Å²) in [6.07, 6.45) is 11.1. The first-order valence-corrected chi connectivity index (χ1v) is 10.9. The van der Waals surface area contributed by atoms with Crippen LogP contribution in [0.5, 0.6) is 0 Å². The molecule has 2 aliphatic rings. The summed E-state index contributed by atoms with van der Waals surface area (Å²) in [5.74, 6) is -0.419. The van der Waals surface area contributed by atoms with Gasteiger partial charge in [0.2, 0.25) is 0 Å². The minimum absolute atomic E-state index is 0.0363. The van der Waals surface area contributed by atoms with Crippen molar-refractivity contribution in [2.24, 2.45) is 0 Å². The van der Waals surface area contributed by atoms with E-state index in [1.54, 1.807) is 22.8 Å². The minimum Gasteiger partial charge on any atom is -0.408 e. The Morgan fingerprint density at radius 3 is 2.52 bits per heavy atom. The molecule has 0 atom stereocenters. The maximum absolute atomic E-state index is 12.2. The van der Waals surface area contributed by atoms with Crippen molar-refractivity contribution < 1.29 is 9.21 Å². The number of oxazole rings is 1. The van der Waals surface area contributed by atoms with E-state index in [1.807, 2.05) is 6.08 Å². The van der Waals surface area contributed by atoms with Gasteiger partial charge in [0.15, 0.2) is 11.4 Å². The molecular formula is C23H31N3O3. The molecule has 1 aliphatic carbocycles. The molecular weight excluding hydrogens is 366 g/mol. The smallest absolute Gasteiger partial charge is 0.408 e. The molecule has 2 heterocycles. The van der Waals surface area contributed by atoms with E-state index < -0.39 is 0 Å². The van der Waals surface area contributed by atoms with Crippen LogP contribution in [0.25, 0.3) is 11.1 Å². The van der Waals surface area contributed by atoms with Crippen molar-refractivity contribution in [3.63, 3.8) is 0 Å². The summed E-state index contributed by atoms with van der Waals surface area (Å²) in [6.45, 7) is 7.47. The number of nitrogens with zero attached hydrogens (tertiary/aromatic N) is 3. The summed E-state index contributed by atoms with van der Waals surface area (Å²) in [5, 5.41) is 0. The molecule has 29 heavy (non-hydrogen) atoms. The van der Waals surface area contributed by atoms with Crippen LogP contribution in [0.3, 0.4) is 0 Å². The first-order chi connectivity index (χ1) is 14.1. The lowest BCUT2D eigenvalue weighted by Gasteiger charge is -2.40. The SMILES string of the molecule is CC(=O)c1ccc2c(c1)oc(=O)n2C/C=C/CN1CCN(C2CCCCC2)CC1. The molecule has 1 aliphatic heterocycles. The number of fused-ring (bicyclic) bond motifs is 1. The lowest BCUT2D eigenvalue weighted by atomic mass is 9.94. The maximum atomic E-state index is 12.2. The largest absolute Gasteiger partial charge is 0.420 e. The fourth-order valence-corrected chi connectivity index (χ4v) is 4.62. The Morgan fingerprint density at radius 1 is 1.07 bits per heavy atom. The molecule has 2 fully saturated rings. The predicted molar refractivity (Wildman–Crippen MR) is 115 cm³/mol. The maximum Gasteiger partial charge on any atom is 0.420 e. The molecule has 6 nitrogen and oxygen atoms in total. The van der Waals surface area contributed by atoms with Crippen LogP contribution in [-0.4, -0.2) is 58.9 Å². The zero-order valence-corrected chi connectivity index (χ0v) is 17.3. The summed E-state index contributed by atoms with van der Waals surface area (Å²) in [5.41, 5.74) is 1.75. The molecule has 4 rings (SSSR count). The molecule has 1 saturated carbocycles. The van der Waals surface area contributed by atoms with E-state index in [9.17, 15) is 9.59 Å². The average molecular weight is 398 g/mol. The highest BCUT2D eigenvalue weighted by Gasteiger charge is 2.24. The summed E-state index contributed by atoms with van der Waals surface area (Å²) in [7, 11) is 0. The Hall–Kier alpha value is -2.18. The number of benzene rings is 1. The second-order valence-electron chi connectivity index (χ2n) is 8.32. The number of ketones is 1. The van der Waals surface area contributed by atoms with Crippen LogP contribution >= 0.6 is 0 Å². The standard InChI is InChI=1S/C23H31N3O3/c1-18(27)19-9-10-21-22(17-19)29-23(28)26(21)12-6-5-11-24-13-15-25(16-14-24)20-7-3-2-4-8-20/h5-6,9-10,17,20H,2-4,7-8,11-16H2,1H3/b6-5+. The number of hydrogen-bond donors (Lipinski definition) is 0.